The van der Waals surface area contributed by atoms with Crippen LogP contribution in [0.15, 0.2) is 6.20 Å². The first-order valence-electron chi connectivity index (χ1n) is 4.11. The first-order chi connectivity index (χ1) is 7.81. The molecule has 10 heteroatoms. The van der Waals surface area contributed by atoms with Gasteiger partial charge in [-0.2, -0.15) is 28.3 Å². The lowest BCUT2D eigenvalue weighted by Crippen LogP contribution is -2.21. The van der Waals surface area contributed by atoms with E-state index in [2.05, 4.69) is 10.2 Å². The van der Waals surface area contributed by atoms with Gasteiger partial charge < -0.3 is 10.8 Å². The third kappa shape index (κ3) is 6.10. The number of carboxylic acids is 1. The van der Waals surface area contributed by atoms with E-state index in [1.807, 2.05) is 6.07 Å². The van der Waals surface area contributed by atoms with Gasteiger partial charge in [-0.15, -0.1) is 5.10 Å². The van der Waals surface area contributed by atoms with Crippen molar-refractivity contribution in [3.63, 3.8) is 0 Å². The van der Waals surface area contributed by atoms with Gasteiger partial charge in [0.05, 0.1) is 12.7 Å². The Morgan fingerprint density at radius 1 is 1.65 bits per heavy atom. The molecule has 0 atom stereocenters. The molecule has 0 unspecified atom stereocenters. The van der Waals surface area contributed by atoms with E-state index in [4.69, 9.17) is 20.9 Å². The summed E-state index contributed by atoms with van der Waals surface area (Å²) in [6, 6.07) is 1.87. The summed E-state index contributed by atoms with van der Waals surface area (Å²) in [6.45, 7) is 1.04. The van der Waals surface area contributed by atoms with Gasteiger partial charge in [0.2, 0.25) is 0 Å². The van der Waals surface area contributed by atoms with Gasteiger partial charge in [0, 0.05) is 6.54 Å². The van der Waals surface area contributed by atoms with Crippen LogP contribution in [0.2, 0.25) is 0 Å². The number of rotatable bonds is 2. The summed E-state index contributed by atoms with van der Waals surface area (Å²) < 4.78 is 31.7. The maximum Gasteiger partial charge on any atom is 0.490 e. The Labute approximate surface area is 93.2 Å². The molecular weight excluding hydrogens is 243 g/mol. The predicted molar refractivity (Wildman–Crippen MR) is 47.5 cm³/mol. The van der Waals surface area contributed by atoms with Gasteiger partial charge in [0.15, 0.2) is 5.69 Å². The summed E-state index contributed by atoms with van der Waals surface area (Å²) >= 11 is 0. The number of aliphatic carboxylic acids is 1. The maximum atomic E-state index is 10.6. The molecule has 0 aromatic carbocycles. The van der Waals surface area contributed by atoms with E-state index in [1.165, 1.54) is 11.0 Å². The summed E-state index contributed by atoms with van der Waals surface area (Å²) in [5.41, 5.74) is 5.55. The lowest BCUT2D eigenvalue weighted by Gasteiger charge is -1.93. The van der Waals surface area contributed by atoms with E-state index >= 15 is 0 Å². The standard InChI is InChI=1S/C5H7N5.C2HF3O2/c6-1-2-10-8-4-5(3-7)9-10;3-2(4,5)1(6)7/h4H,1-2,6H2;(H,6,7). The number of nitrogens with two attached hydrogens (primary N) is 1. The molecule has 1 rings (SSSR count). The van der Waals surface area contributed by atoms with Crippen LogP contribution in [0.5, 0.6) is 0 Å². The summed E-state index contributed by atoms with van der Waals surface area (Å²) in [6.07, 6.45) is -3.67. The second-order valence-corrected chi connectivity index (χ2v) is 2.53. The van der Waals surface area contributed by atoms with E-state index in [0.29, 0.717) is 18.8 Å². The first-order valence-corrected chi connectivity index (χ1v) is 4.11. The molecule has 0 saturated heterocycles. The smallest absolute Gasteiger partial charge is 0.475 e. The molecule has 3 N–H and O–H groups in total. The highest BCUT2D eigenvalue weighted by Crippen LogP contribution is 2.13. The van der Waals surface area contributed by atoms with Crippen LogP contribution >= 0.6 is 0 Å². The van der Waals surface area contributed by atoms with Crippen LogP contribution in [0.25, 0.3) is 0 Å². The quantitative estimate of drug-likeness (QED) is 0.747. The van der Waals surface area contributed by atoms with E-state index < -0.39 is 12.1 Å². The Morgan fingerprint density at radius 3 is 2.47 bits per heavy atom. The molecule has 7 nitrogen and oxygen atoms in total. The highest BCUT2D eigenvalue weighted by molar-refractivity contribution is 5.73. The second kappa shape index (κ2) is 6.44. The van der Waals surface area contributed by atoms with Crippen LogP contribution in [0.4, 0.5) is 13.2 Å². The summed E-state index contributed by atoms with van der Waals surface area (Å²) in [5.74, 6) is -2.76. The number of hydrogen-bond donors (Lipinski definition) is 2. The van der Waals surface area contributed by atoms with Crippen molar-refractivity contribution >= 4 is 5.97 Å². The number of nitriles is 1. The van der Waals surface area contributed by atoms with Gasteiger partial charge in [0.1, 0.15) is 6.07 Å². The Hall–Kier alpha value is -2.15. The number of alkyl halides is 3. The Bertz CT molecular complexity index is 408. The number of aromatic nitrogens is 3. The van der Waals surface area contributed by atoms with Crippen LogP contribution in [0.3, 0.4) is 0 Å². The molecule has 0 aliphatic rings. The van der Waals surface area contributed by atoms with Gasteiger partial charge in [-0.25, -0.2) is 4.79 Å². The summed E-state index contributed by atoms with van der Waals surface area (Å²) in [4.78, 5) is 10.3. The molecule has 0 fully saturated rings. The van der Waals surface area contributed by atoms with Crippen LogP contribution < -0.4 is 5.73 Å². The van der Waals surface area contributed by atoms with Crippen LogP contribution in [0, 0.1) is 11.3 Å². The van der Waals surface area contributed by atoms with Crippen molar-refractivity contribution in [3.05, 3.63) is 11.9 Å². The molecule has 0 saturated carbocycles. The van der Waals surface area contributed by atoms with Crippen molar-refractivity contribution in [3.8, 4) is 6.07 Å². The van der Waals surface area contributed by atoms with Crippen molar-refractivity contribution in [2.24, 2.45) is 5.73 Å². The maximum absolute atomic E-state index is 10.6. The van der Waals surface area contributed by atoms with Crippen molar-refractivity contribution in [1.82, 2.24) is 15.0 Å². The molecule has 0 aliphatic heterocycles. The molecule has 0 spiro atoms. The minimum absolute atomic E-state index is 0.327. The fourth-order valence-electron chi connectivity index (χ4n) is 0.572. The monoisotopic (exact) mass is 251 g/mol. The predicted octanol–water partition coefficient (Wildman–Crippen LogP) is -0.258. The normalized spacial score (nSPS) is 10.1. The minimum atomic E-state index is -5.08. The van der Waals surface area contributed by atoms with E-state index in [0.717, 1.165) is 0 Å². The third-order valence-corrected chi connectivity index (χ3v) is 1.22. The SMILES string of the molecule is N#Cc1cnn(CCN)n1.O=C(O)C(F)(F)F. The zero-order valence-corrected chi connectivity index (χ0v) is 8.35. The Balaban J connectivity index is 0.000000325. The molecule has 0 aliphatic carbocycles. The molecule has 17 heavy (non-hydrogen) atoms. The Kier molecular flexibility index (Phi) is 5.62. The van der Waals surface area contributed by atoms with Crippen molar-refractivity contribution < 1.29 is 23.1 Å². The lowest BCUT2D eigenvalue weighted by molar-refractivity contribution is -0.192. The molecule has 1 heterocycles. The number of halogens is 3. The highest BCUT2D eigenvalue weighted by Gasteiger charge is 2.38. The van der Waals surface area contributed by atoms with Crippen molar-refractivity contribution in [2.45, 2.75) is 12.7 Å². The fourth-order valence-corrected chi connectivity index (χ4v) is 0.572. The molecular formula is C7H8F3N5O2. The first kappa shape index (κ1) is 14.8. The Morgan fingerprint density at radius 2 is 2.18 bits per heavy atom. The molecule has 0 amide bonds. The zero-order valence-electron chi connectivity index (χ0n) is 8.35. The fraction of sp³-hybridized carbons (Fsp3) is 0.429. The van der Waals surface area contributed by atoms with Gasteiger partial charge >= 0.3 is 12.1 Å². The molecule has 1 aromatic rings. The molecule has 1 aromatic heterocycles. The average Bonchev–Trinajstić information content (AvgIpc) is 2.66. The summed E-state index contributed by atoms with van der Waals surface area (Å²) in [7, 11) is 0. The minimum Gasteiger partial charge on any atom is -0.475 e. The van der Waals surface area contributed by atoms with Gasteiger partial charge in [-0.3, -0.25) is 0 Å². The van der Waals surface area contributed by atoms with E-state index in [9.17, 15) is 13.2 Å². The summed E-state index contributed by atoms with van der Waals surface area (Å²) in [5, 5.41) is 23.0. The second-order valence-electron chi connectivity index (χ2n) is 2.53. The van der Waals surface area contributed by atoms with Crippen LogP contribution in [-0.2, 0) is 11.3 Å². The van der Waals surface area contributed by atoms with Crippen molar-refractivity contribution in [1.29, 1.82) is 5.26 Å². The largest absolute Gasteiger partial charge is 0.490 e. The van der Waals surface area contributed by atoms with Gasteiger partial charge in [-0.1, -0.05) is 0 Å². The molecule has 94 valence electrons. The number of nitrogens with zero attached hydrogens (tertiary/aromatic N) is 4. The van der Waals surface area contributed by atoms with Crippen LogP contribution in [-0.4, -0.2) is 38.8 Å². The van der Waals surface area contributed by atoms with E-state index in [-0.39, 0.29) is 0 Å². The van der Waals surface area contributed by atoms with Crippen LogP contribution in [0.1, 0.15) is 5.69 Å². The van der Waals surface area contributed by atoms with E-state index in [1.54, 1.807) is 0 Å². The van der Waals surface area contributed by atoms with Crippen molar-refractivity contribution in [2.75, 3.05) is 6.54 Å². The zero-order chi connectivity index (χ0) is 13.5. The number of carboxylic acid groups (broad SMARTS) is 1. The van der Waals surface area contributed by atoms with Gasteiger partial charge in [0.25, 0.3) is 0 Å². The molecule has 0 radical (unpaired) electrons. The number of hydrogen-bond acceptors (Lipinski definition) is 5. The van der Waals surface area contributed by atoms with Gasteiger partial charge in [-0.05, 0) is 0 Å². The average molecular weight is 251 g/mol. The number of carbonyl (C=O) groups is 1. The highest BCUT2D eigenvalue weighted by atomic mass is 19.4. The molecule has 0 bridgehead atoms. The lowest BCUT2D eigenvalue weighted by atomic mass is 10.6. The third-order valence-electron chi connectivity index (χ3n) is 1.22. The topological polar surface area (TPSA) is 118 Å².